The fraction of sp³-hybridized carbons (Fsp3) is 0.806. The molecule has 4 rings (SSSR count). The Morgan fingerprint density at radius 1 is 0.953 bits per heavy atom. The van der Waals surface area contributed by atoms with Crippen molar-refractivity contribution in [3.8, 4) is 0 Å². The fourth-order valence-electron chi connectivity index (χ4n) is 7.37. The zero-order valence-corrected chi connectivity index (χ0v) is 26.7. The highest BCUT2D eigenvalue weighted by molar-refractivity contribution is 6.38. The molecule has 2 aliphatic heterocycles. The predicted octanol–water partition coefficient (Wildman–Crippen LogP) is 1.51. The van der Waals surface area contributed by atoms with E-state index in [1.165, 1.54) is 7.11 Å². The molecule has 2 heterocycles. The second-order valence-electron chi connectivity index (χ2n) is 14.9. The summed E-state index contributed by atoms with van der Waals surface area (Å²) in [5.41, 5.74) is -1.42. The summed E-state index contributed by atoms with van der Waals surface area (Å²) >= 11 is 0. The van der Waals surface area contributed by atoms with Gasteiger partial charge in [-0.15, -0.1) is 0 Å². The van der Waals surface area contributed by atoms with Crippen LogP contribution in [0.1, 0.15) is 80.6 Å². The van der Waals surface area contributed by atoms with Crippen LogP contribution in [0.4, 0.5) is 4.79 Å². The normalized spacial score (nSPS) is 29.9. The second-order valence-corrected chi connectivity index (χ2v) is 14.9. The third-order valence-electron chi connectivity index (χ3n) is 9.73. The predicted molar refractivity (Wildman–Crippen MR) is 157 cm³/mol. The van der Waals surface area contributed by atoms with E-state index in [9.17, 15) is 28.8 Å². The number of carbonyl (C=O) groups excluding carboxylic acids is 6. The SMILES string of the molecule is CCC1C2CC[C@H]3CN(C(=O)C(NC(=O)[C@@H](NC(=O)OC)C(C)(C)C)C(C)(C)C)[C@H](C(=O)N[C@@H]1C(=O)C(=O)NC1CC1)[C@@H]23. The highest BCUT2D eigenvalue weighted by Crippen LogP contribution is 2.52. The van der Waals surface area contributed by atoms with Crippen molar-refractivity contribution in [2.45, 2.75) is 111 Å². The van der Waals surface area contributed by atoms with Gasteiger partial charge in [-0.2, -0.15) is 0 Å². The number of likely N-dealkylation sites (tertiary alicyclic amines) is 1. The summed E-state index contributed by atoms with van der Waals surface area (Å²) in [6.07, 6.45) is 3.18. The molecule has 240 valence electrons. The van der Waals surface area contributed by atoms with Gasteiger partial charge in [-0.25, -0.2) is 4.79 Å². The summed E-state index contributed by atoms with van der Waals surface area (Å²) in [5, 5.41) is 11.1. The molecule has 4 fully saturated rings. The van der Waals surface area contributed by atoms with Crippen LogP contribution in [0.3, 0.4) is 0 Å². The van der Waals surface area contributed by atoms with E-state index in [-0.39, 0.29) is 35.6 Å². The van der Waals surface area contributed by atoms with Gasteiger partial charge in [0.1, 0.15) is 24.2 Å². The minimum absolute atomic E-state index is 0.00312. The zero-order valence-electron chi connectivity index (χ0n) is 26.7. The van der Waals surface area contributed by atoms with Crippen LogP contribution in [0.15, 0.2) is 0 Å². The molecule has 0 bridgehead atoms. The fourth-order valence-corrected chi connectivity index (χ4v) is 7.37. The maximum Gasteiger partial charge on any atom is 0.407 e. The van der Waals surface area contributed by atoms with E-state index in [0.717, 1.165) is 25.7 Å². The van der Waals surface area contributed by atoms with E-state index >= 15 is 0 Å². The first-order chi connectivity index (χ1) is 20.0. The topological polar surface area (TPSA) is 163 Å². The standard InChI is InChI=1S/C31H49N5O7/c1-9-17-18-13-10-15-14-36(21(19(15)18)25(38)33-20(17)22(37)26(39)32-16-11-12-16)28(41)24(31(5,6)7)34-27(40)23(30(2,3)4)35-29(42)43-8/h15-21,23-24H,9-14H2,1-8H3,(H,32,39)(H,33,38)(H,34,40)(H,35,42)/t15-,17?,18?,19+,20-,21-,23+,24?/m0/s1. The Labute approximate surface area is 254 Å². The molecule has 43 heavy (non-hydrogen) atoms. The van der Waals surface area contributed by atoms with Crippen molar-refractivity contribution < 1.29 is 33.5 Å². The number of alkyl carbamates (subject to hydrolysis) is 1. The molecular weight excluding hydrogens is 554 g/mol. The van der Waals surface area contributed by atoms with Crippen LogP contribution in [0.5, 0.6) is 0 Å². The molecular formula is C31H49N5O7. The highest BCUT2D eigenvalue weighted by atomic mass is 16.5. The highest BCUT2D eigenvalue weighted by Gasteiger charge is 2.60. The number of rotatable bonds is 8. The molecule has 0 aromatic carbocycles. The van der Waals surface area contributed by atoms with Gasteiger partial charge in [-0.1, -0.05) is 54.9 Å². The van der Waals surface area contributed by atoms with Crippen LogP contribution < -0.4 is 21.3 Å². The molecule has 4 aliphatic rings. The van der Waals surface area contributed by atoms with Crippen LogP contribution in [0.2, 0.25) is 0 Å². The Kier molecular flexibility index (Phi) is 9.19. The van der Waals surface area contributed by atoms with E-state index in [2.05, 4.69) is 21.3 Å². The number of nitrogens with one attached hydrogen (secondary N) is 4. The molecule has 0 aromatic heterocycles. The number of nitrogens with zero attached hydrogens (tertiary/aromatic N) is 1. The minimum Gasteiger partial charge on any atom is -0.453 e. The van der Waals surface area contributed by atoms with Gasteiger partial charge in [0.15, 0.2) is 0 Å². The molecule has 3 unspecified atom stereocenters. The molecule has 2 saturated carbocycles. The van der Waals surface area contributed by atoms with Gasteiger partial charge in [0.05, 0.1) is 7.11 Å². The summed E-state index contributed by atoms with van der Waals surface area (Å²) in [6.45, 7) is 13.2. The van der Waals surface area contributed by atoms with Crippen LogP contribution in [-0.4, -0.2) is 84.3 Å². The van der Waals surface area contributed by atoms with E-state index in [1.54, 1.807) is 25.7 Å². The number of hydrogen-bond acceptors (Lipinski definition) is 7. The van der Waals surface area contributed by atoms with Crippen molar-refractivity contribution in [3.05, 3.63) is 0 Å². The van der Waals surface area contributed by atoms with Gasteiger partial charge in [-0.3, -0.25) is 24.0 Å². The molecule has 4 N–H and O–H groups in total. The summed E-state index contributed by atoms with van der Waals surface area (Å²) in [4.78, 5) is 81.6. The molecule has 5 amide bonds. The molecule has 0 radical (unpaired) electrons. The summed E-state index contributed by atoms with van der Waals surface area (Å²) < 4.78 is 4.72. The molecule has 12 heteroatoms. The molecule has 2 aliphatic carbocycles. The van der Waals surface area contributed by atoms with Crippen molar-refractivity contribution in [1.29, 1.82) is 0 Å². The van der Waals surface area contributed by atoms with Gasteiger partial charge < -0.3 is 30.9 Å². The van der Waals surface area contributed by atoms with Gasteiger partial charge in [0, 0.05) is 12.6 Å². The van der Waals surface area contributed by atoms with Gasteiger partial charge in [0.25, 0.3) is 5.91 Å². The van der Waals surface area contributed by atoms with Crippen LogP contribution in [0, 0.1) is 34.5 Å². The molecule has 12 nitrogen and oxygen atoms in total. The third kappa shape index (κ3) is 6.67. The number of carbonyl (C=O) groups is 6. The number of hydrogen-bond donors (Lipinski definition) is 4. The molecule has 0 spiro atoms. The summed E-state index contributed by atoms with van der Waals surface area (Å²) in [6, 6.07) is -3.72. The molecule has 2 saturated heterocycles. The number of ether oxygens (including phenoxy) is 1. The first-order valence-electron chi connectivity index (χ1n) is 15.6. The number of methoxy groups -OCH3 is 1. The van der Waals surface area contributed by atoms with E-state index in [4.69, 9.17) is 4.74 Å². The van der Waals surface area contributed by atoms with Crippen LogP contribution >= 0.6 is 0 Å². The lowest BCUT2D eigenvalue weighted by atomic mass is 9.75. The first-order valence-corrected chi connectivity index (χ1v) is 15.6. The average Bonchev–Trinajstić information content (AvgIpc) is 3.55. The van der Waals surface area contributed by atoms with Gasteiger partial charge >= 0.3 is 6.09 Å². The lowest BCUT2D eigenvalue weighted by Gasteiger charge is -2.38. The van der Waals surface area contributed by atoms with E-state index in [0.29, 0.717) is 13.0 Å². The molecule has 8 atom stereocenters. The van der Waals surface area contributed by atoms with Crippen molar-refractivity contribution in [2.75, 3.05) is 13.7 Å². The Morgan fingerprint density at radius 3 is 2.12 bits per heavy atom. The van der Waals surface area contributed by atoms with Crippen molar-refractivity contribution in [2.24, 2.45) is 34.5 Å². The quantitative estimate of drug-likeness (QED) is 0.306. The average molecular weight is 604 g/mol. The lowest BCUT2D eigenvalue weighted by Crippen LogP contribution is -2.62. The van der Waals surface area contributed by atoms with E-state index in [1.807, 2.05) is 27.7 Å². The maximum atomic E-state index is 14.4. The van der Waals surface area contributed by atoms with Crippen molar-refractivity contribution in [3.63, 3.8) is 0 Å². The largest absolute Gasteiger partial charge is 0.453 e. The van der Waals surface area contributed by atoms with Gasteiger partial charge in [0.2, 0.25) is 23.5 Å². The monoisotopic (exact) mass is 603 g/mol. The van der Waals surface area contributed by atoms with Crippen LogP contribution in [-0.2, 0) is 28.7 Å². The number of Topliss-reactive ketones (excluding diaryl/α,β-unsaturated/α-hetero) is 1. The Morgan fingerprint density at radius 2 is 1.58 bits per heavy atom. The summed E-state index contributed by atoms with van der Waals surface area (Å²) in [5.74, 6) is -2.92. The second kappa shape index (κ2) is 12.1. The Hall–Kier alpha value is -3.18. The van der Waals surface area contributed by atoms with Gasteiger partial charge in [-0.05, 0) is 60.2 Å². The lowest BCUT2D eigenvalue weighted by molar-refractivity contribution is -0.145. The van der Waals surface area contributed by atoms with Crippen molar-refractivity contribution >= 4 is 35.5 Å². The Balaban J connectivity index is 1.61. The maximum absolute atomic E-state index is 14.4. The van der Waals surface area contributed by atoms with E-state index < -0.39 is 64.6 Å². The summed E-state index contributed by atoms with van der Waals surface area (Å²) in [7, 11) is 1.21. The van der Waals surface area contributed by atoms with Crippen LogP contribution in [0.25, 0.3) is 0 Å². The zero-order chi connectivity index (χ0) is 32.0. The third-order valence-corrected chi connectivity index (χ3v) is 9.73. The first kappa shape index (κ1) is 32.7. The number of amides is 5. The van der Waals surface area contributed by atoms with Crippen molar-refractivity contribution in [1.82, 2.24) is 26.2 Å². The smallest absolute Gasteiger partial charge is 0.407 e. The number of ketones is 1. The Bertz CT molecular complexity index is 1150. The minimum atomic E-state index is -0.999. The molecule has 0 aromatic rings.